The van der Waals surface area contributed by atoms with Gasteiger partial charge in [0, 0.05) is 39.5 Å². The fraction of sp³-hybridized carbons (Fsp3) is 0.394. The zero-order valence-corrected chi connectivity index (χ0v) is 25.5. The predicted octanol–water partition coefficient (Wildman–Crippen LogP) is 6.12. The highest BCUT2D eigenvalue weighted by Crippen LogP contribution is 2.41. The molecule has 0 bridgehead atoms. The number of hydrogen-bond acceptors (Lipinski definition) is 7. The minimum atomic E-state index is -1.57. The molecule has 5 rings (SSSR count). The molecule has 1 aliphatic heterocycles. The molecule has 232 valence electrons. The Labute approximate surface area is 254 Å². The fourth-order valence-electron chi connectivity index (χ4n) is 5.57. The smallest absolute Gasteiger partial charge is 0.381 e. The number of halogens is 2. The summed E-state index contributed by atoms with van der Waals surface area (Å²) in [4.78, 5) is 34.3. The van der Waals surface area contributed by atoms with Crippen molar-refractivity contribution in [2.45, 2.75) is 72.0 Å². The molecule has 44 heavy (non-hydrogen) atoms. The largest absolute Gasteiger partial charge is 0.490 e. The Morgan fingerprint density at radius 1 is 1.16 bits per heavy atom. The summed E-state index contributed by atoms with van der Waals surface area (Å²) >= 11 is 0. The topological polar surface area (TPSA) is 104 Å². The van der Waals surface area contributed by atoms with Crippen LogP contribution >= 0.6 is 0 Å². The van der Waals surface area contributed by atoms with Crippen LogP contribution in [0.3, 0.4) is 0 Å². The van der Waals surface area contributed by atoms with E-state index in [1.165, 1.54) is 22.2 Å². The molecule has 1 amide bonds. The molecule has 0 saturated carbocycles. The third-order valence-corrected chi connectivity index (χ3v) is 7.55. The van der Waals surface area contributed by atoms with Crippen molar-refractivity contribution in [3.05, 3.63) is 81.9 Å². The second kappa shape index (κ2) is 12.7. The maximum Gasteiger partial charge on any atom is 0.381 e. The highest BCUT2D eigenvalue weighted by Gasteiger charge is 2.36. The molecule has 0 aliphatic carbocycles. The summed E-state index contributed by atoms with van der Waals surface area (Å²) in [6.07, 6.45) is 1.24. The zero-order valence-electron chi connectivity index (χ0n) is 25.5. The van der Waals surface area contributed by atoms with Crippen molar-refractivity contribution < 1.29 is 32.9 Å². The van der Waals surface area contributed by atoms with Gasteiger partial charge in [0.1, 0.15) is 0 Å². The van der Waals surface area contributed by atoms with E-state index in [1.54, 1.807) is 27.7 Å². The number of fused-ring (bicyclic) bond motifs is 2. The van der Waals surface area contributed by atoms with Gasteiger partial charge in [-0.1, -0.05) is 30.3 Å². The Bertz CT molecular complexity index is 1700. The summed E-state index contributed by atoms with van der Waals surface area (Å²) < 4.78 is 42.1. The first-order valence-electron chi connectivity index (χ1n) is 14.7. The molecule has 4 aromatic rings. The van der Waals surface area contributed by atoms with E-state index in [1.807, 2.05) is 37.3 Å². The Morgan fingerprint density at radius 3 is 2.61 bits per heavy atom. The van der Waals surface area contributed by atoms with Gasteiger partial charge in [0.2, 0.25) is 0 Å². The summed E-state index contributed by atoms with van der Waals surface area (Å²) in [5.74, 6) is -2.11. The molecule has 9 nitrogen and oxygen atoms in total. The molecule has 0 fully saturated rings. The molecule has 3 heterocycles. The van der Waals surface area contributed by atoms with E-state index < -0.39 is 29.4 Å². The normalized spacial score (nSPS) is 13.7. The summed E-state index contributed by atoms with van der Waals surface area (Å²) in [6, 6.07) is 12.8. The van der Waals surface area contributed by atoms with Crippen LogP contribution in [0.15, 0.2) is 42.5 Å². The van der Waals surface area contributed by atoms with E-state index in [2.05, 4.69) is 20.3 Å². The van der Waals surface area contributed by atoms with Crippen molar-refractivity contribution in [2.24, 2.45) is 0 Å². The van der Waals surface area contributed by atoms with Crippen LogP contribution in [0.25, 0.3) is 16.9 Å². The van der Waals surface area contributed by atoms with Crippen LogP contribution in [0, 0.1) is 19.7 Å². The molecule has 2 aromatic carbocycles. The second-order valence-corrected chi connectivity index (χ2v) is 11.9. The molecule has 0 spiro atoms. The minimum absolute atomic E-state index is 0.0794. The number of ether oxygens (including phenoxy) is 2. The average Bonchev–Trinajstić information content (AvgIpc) is 3.43. The SMILES string of the molecule is Cc1nc2cc(C(=O)NCCCc3ccccc3)nn2c(-c2cc(F)c3c(c2C)CCCO3)c1[C@H](OC(C)(C)C)C(=O)OF. The molecular weight excluding hydrogens is 570 g/mol. The molecule has 0 unspecified atom stereocenters. The lowest BCUT2D eigenvalue weighted by molar-refractivity contribution is -0.205. The van der Waals surface area contributed by atoms with Gasteiger partial charge in [-0.2, -0.15) is 5.10 Å². The van der Waals surface area contributed by atoms with E-state index in [4.69, 9.17) is 9.47 Å². The number of benzene rings is 2. The third-order valence-electron chi connectivity index (χ3n) is 7.55. The van der Waals surface area contributed by atoms with Gasteiger partial charge in [0.05, 0.1) is 17.9 Å². The highest BCUT2D eigenvalue weighted by molar-refractivity contribution is 5.93. The third kappa shape index (κ3) is 6.42. The maximum absolute atomic E-state index is 15.5. The number of nitrogens with one attached hydrogen (secondary N) is 1. The fourth-order valence-corrected chi connectivity index (χ4v) is 5.57. The molecule has 0 radical (unpaired) electrons. The van der Waals surface area contributed by atoms with Crippen molar-refractivity contribution in [1.29, 1.82) is 0 Å². The second-order valence-electron chi connectivity index (χ2n) is 11.9. The van der Waals surface area contributed by atoms with Gasteiger partial charge in [0.25, 0.3) is 5.91 Å². The average molecular weight is 607 g/mol. The Morgan fingerprint density at radius 2 is 1.91 bits per heavy atom. The first-order chi connectivity index (χ1) is 21.0. The van der Waals surface area contributed by atoms with Gasteiger partial charge in [-0.05, 0) is 77.5 Å². The zero-order chi connectivity index (χ0) is 31.6. The number of amides is 1. The number of nitrogens with zero attached hydrogens (tertiary/aromatic N) is 3. The number of rotatable bonds is 9. The van der Waals surface area contributed by atoms with E-state index in [0.29, 0.717) is 48.4 Å². The van der Waals surface area contributed by atoms with Gasteiger partial charge in [-0.15, -0.1) is 0 Å². The van der Waals surface area contributed by atoms with Crippen LogP contribution in [-0.4, -0.2) is 45.2 Å². The number of aryl methyl sites for hydroxylation is 2. The summed E-state index contributed by atoms with van der Waals surface area (Å²) in [5.41, 5.74) is 3.07. The Balaban J connectivity index is 1.62. The van der Waals surface area contributed by atoms with Gasteiger partial charge in [0.15, 0.2) is 29.0 Å². The lowest BCUT2D eigenvalue weighted by Crippen LogP contribution is -2.29. The molecule has 2 aromatic heterocycles. The predicted molar refractivity (Wildman–Crippen MR) is 160 cm³/mol. The van der Waals surface area contributed by atoms with Crippen molar-refractivity contribution in [3.63, 3.8) is 0 Å². The number of carbonyl (C=O) groups is 2. The molecular formula is C33H36F2N4O5. The molecule has 1 aliphatic rings. The summed E-state index contributed by atoms with van der Waals surface area (Å²) in [5, 5.41) is 7.46. The van der Waals surface area contributed by atoms with Crippen LogP contribution in [0.4, 0.5) is 8.92 Å². The van der Waals surface area contributed by atoms with E-state index >= 15 is 4.39 Å². The first kappa shape index (κ1) is 31.1. The standard InChI is InChI=1S/C33H36F2N4O5/c1-19-22-14-10-16-42-29(22)24(34)17-23(19)28-27(30(32(41)44-35)43-33(3,4)5)20(2)37-26-18-25(38-39(26)28)31(40)36-15-9-13-21-11-7-6-8-12-21/h6-8,11-12,17-18,30H,9-10,13-16H2,1-5H3,(H,36,40)/t30-/m0/s1. The van der Waals surface area contributed by atoms with Crippen molar-refractivity contribution in [3.8, 4) is 17.0 Å². The molecule has 0 saturated heterocycles. The molecule has 1 N–H and O–H groups in total. The maximum atomic E-state index is 15.5. The van der Waals surface area contributed by atoms with E-state index in [0.717, 1.165) is 12.8 Å². The van der Waals surface area contributed by atoms with Gasteiger partial charge < -0.3 is 14.8 Å². The van der Waals surface area contributed by atoms with Gasteiger partial charge in [-0.3, -0.25) is 9.74 Å². The van der Waals surface area contributed by atoms with Crippen LogP contribution in [0.5, 0.6) is 5.75 Å². The van der Waals surface area contributed by atoms with Crippen molar-refractivity contribution in [1.82, 2.24) is 19.9 Å². The van der Waals surface area contributed by atoms with Crippen LogP contribution in [0.2, 0.25) is 0 Å². The van der Waals surface area contributed by atoms with E-state index in [-0.39, 0.29) is 28.3 Å². The summed E-state index contributed by atoms with van der Waals surface area (Å²) in [7, 11) is 0. The number of aromatic nitrogens is 3. The van der Waals surface area contributed by atoms with Crippen molar-refractivity contribution >= 4 is 17.5 Å². The van der Waals surface area contributed by atoms with Gasteiger partial charge >= 0.3 is 5.97 Å². The Hall–Kier alpha value is -4.38. The molecule has 1 atom stereocenters. The van der Waals surface area contributed by atoms with Gasteiger partial charge in [-0.25, -0.2) is 18.7 Å². The lowest BCUT2D eigenvalue weighted by Gasteiger charge is -2.28. The number of hydrogen-bond donors (Lipinski definition) is 1. The molecule has 11 heteroatoms. The van der Waals surface area contributed by atoms with Crippen LogP contribution in [0.1, 0.15) is 78.2 Å². The monoisotopic (exact) mass is 606 g/mol. The number of carbonyl (C=O) groups excluding carboxylic acids is 2. The minimum Gasteiger partial charge on any atom is -0.490 e. The summed E-state index contributed by atoms with van der Waals surface area (Å²) in [6.45, 7) is 9.41. The quantitative estimate of drug-likeness (QED) is 0.229. The van der Waals surface area contributed by atoms with Crippen molar-refractivity contribution in [2.75, 3.05) is 13.2 Å². The Kier molecular flexibility index (Phi) is 8.96. The first-order valence-corrected chi connectivity index (χ1v) is 14.7. The van der Waals surface area contributed by atoms with Crippen LogP contribution in [-0.2, 0) is 27.3 Å². The lowest BCUT2D eigenvalue weighted by atomic mass is 9.91. The van der Waals surface area contributed by atoms with Crippen LogP contribution < -0.4 is 10.1 Å². The highest BCUT2D eigenvalue weighted by atomic mass is 19.3. The van der Waals surface area contributed by atoms with E-state index in [9.17, 15) is 14.1 Å².